The zero-order valence-corrected chi connectivity index (χ0v) is 11.8. The van der Waals surface area contributed by atoms with Gasteiger partial charge in [0, 0.05) is 32.7 Å². The molecule has 0 aromatic carbocycles. The molecule has 18 heavy (non-hydrogen) atoms. The third-order valence-corrected chi connectivity index (χ3v) is 3.20. The summed E-state index contributed by atoms with van der Waals surface area (Å²) >= 11 is 0. The van der Waals surface area contributed by atoms with Gasteiger partial charge in [-0.05, 0) is 25.4 Å². The lowest BCUT2D eigenvalue weighted by molar-refractivity contribution is -0.122. The summed E-state index contributed by atoms with van der Waals surface area (Å²) in [5, 5.41) is 2.97. The van der Waals surface area contributed by atoms with Crippen molar-refractivity contribution in [2.24, 2.45) is 11.7 Å². The fourth-order valence-corrected chi connectivity index (χ4v) is 2.17. The standard InChI is InChI=1S/C13H28N4O/c1-12(2)10-15-13(18)11-17-6-3-5-16(7-4-14)8-9-17/h12H,3-11,14H2,1-2H3,(H,15,18). The molecule has 0 spiro atoms. The zero-order chi connectivity index (χ0) is 13.4. The Balaban J connectivity index is 2.24. The topological polar surface area (TPSA) is 61.6 Å². The molecule has 3 N–H and O–H groups in total. The van der Waals surface area contributed by atoms with Gasteiger partial charge in [0.15, 0.2) is 0 Å². The summed E-state index contributed by atoms with van der Waals surface area (Å²) in [6, 6.07) is 0. The van der Waals surface area contributed by atoms with E-state index in [-0.39, 0.29) is 5.91 Å². The van der Waals surface area contributed by atoms with E-state index in [1.165, 1.54) is 0 Å². The van der Waals surface area contributed by atoms with E-state index < -0.39 is 0 Å². The van der Waals surface area contributed by atoms with Gasteiger partial charge in [-0.3, -0.25) is 9.69 Å². The summed E-state index contributed by atoms with van der Waals surface area (Å²) in [5.41, 5.74) is 5.57. The molecule has 5 heteroatoms. The Labute approximate surface area is 111 Å². The molecule has 0 aliphatic carbocycles. The van der Waals surface area contributed by atoms with Gasteiger partial charge in [-0.25, -0.2) is 0 Å². The molecule has 1 saturated heterocycles. The van der Waals surface area contributed by atoms with Crippen LogP contribution < -0.4 is 11.1 Å². The molecule has 0 aromatic rings. The van der Waals surface area contributed by atoms with E-state index in [1.54, 1.807) is 0 Å². The van der Waals surface area contributed by atoms with Crippen molar-refractivity contribution in [1.29, 1.82) is 0 Å². The van der Waals surface area contributed by atoms with Crippen LogP contribution in [0, 0.1) is 5.92 Å². The molecule has 1 heterocycles. The molecule has 106 valence electrons. The van der Waals surface area contributed by atoms with Crippen LogP contribution in [0.3, 0.4) is 0 Å². The number of carbonyl (C=O) groups excluding carboxylic acids is 1. The van der Waals surface area contributed by atoms with Crippen molar-refractivity contribution in [1.82, 2.24) is 15.1 Å². The number of carbonyl (C=O) groups is 1. The van der Waals surface area contributed by atoms with Crippen LogP contribution in [0.4, 0.5) is 0 Å². The maximum absolute atomic E-state index is 11.7. The molecular formula is C13H28N4O. The Morgan fingerprint density at radius 3 is 2.56 bits per heavy atom. The Morgan fingerprint density at radius 2 is 1.89 bits per heavy atom. The molecule has 0 atom stereocenters. The minimum absolute atomic E-state index is 0.149. The van der Waals surface area contributed by atoms with Crippen molar-refractivity contribution in [3.05, 3.63) is 0 Å². The van der Waals surface area contributed by atoms with Crippen LogP contribution in [0.25, 0.3) is 0 Å². The number of amides is 1. The largest absolute Gasteiger partial charge is 0.355 e. The van der Waals surface area contributed by atoms with Crippen molar-refractivity contribution >= 4 is 5.91 Å². The van der Waals surface area contributed by atoms with Crippen molar-refractivity contribution in [3.63, 3.8) is 0 Å². The molecule has 1 aliphatic rings. The number of hydrogen-bond acceptors (Lipinski definition) is 4. The summed E-state index contributed by atoms with van der Waals surface area (Å²) in [5.74, 6) is 0.661. The van der Waals surface area contributed by atoms with E-state index in [9.17, 15) is 4.79 Å². The number of nitrogens with one attached hydrogen (secondary N) is 1. The summed E-state index contributed by atoms with van der Waals surface area (Å²) in [7, 11) is 0. The van der Waals surface area contributed by atoms with Gasteiger partial charge >= 0.3 is 0 Å². The van der Waals surface area contributed by atoms with Gasteiger partial charge in [-0.2, -0.15) is 0 Å². The zero-order valence-electron chi connectivity index (χ0n) is 11.8. The highest BCUT2D eigenvalue weighted by molar-refractivity contribution is 5.77. The fraction of sp³-hybridized carbons (Fsp3) is 0.923. The van der Waals surface area contributed by atoms with E-state index in [2.05, 4.69) is 29.0 Å². The van der Waals surface area contributed by atoms with Crippen LogP contribution in [-0.4, -0.2) is 68.1 Å². The first kappa shape index (κ1) is 15.4. The predicted octanol–water partition coefficient (Wildman–Crippen LogP) is -0.275. The predicted molar refractivity (Wildman–Crippen MR) is 74.4 cm³/mol. The molecular weight excluding hydrogens is 228 g/mol. The Morgan fingerprint density at radius 1 is 1.22 bits per heavy atom. The molecule has 1 rings (SSSR count). The second-order valence-electron chi connectivity index (χ2n) is 5.46. The van der Waals surface area contributed by atoms with E-state index in [0.29, 0.717) is 12.5 Å². The second-order valence-corrected chi connectivity index (χ2v) is 5.46. The quantitative estimate of drug-likeness (QED) is 0.686. The van der Waals surface area contributed by atoms with Crippen molar-refractivity contribution < 1.29 is 4.79 Å². The normalized spacial score (nSPS) is 18.9. The van der Waals surface area contributed by atoms with E-state index in [0.717, 1.165) is 52.2 Å². The Kier molecular flexibility index (Phi) is 7.23. The first-order chi connectivity index (χ1) is 8.61. The van der Waals surface area contributed by atoms with Crippen LogP contribution >= 0.6 is 0 Å². The first-order valence-corrected chi connectivity index (χ1v) is 7.03. The van der Waals surface area contributed by atoms with Gasteiger partial charge in [0.05, 0.1) is 6.54 Å². The van der Waals surface area contributed by atoms with Gasteiger partial charge in [-0.1, -0.05) is 13.8 Å². The molecule has 1 amide bonds. The fourth-order valence-electron chi connectivity index (χ4n) is 2.17. The average Bonchev–Trinajstić information content (AvgIpc) is 2.53. The molecule has 1 aliphatic heterocycles. The first-order valence-electron chi connectivity index (χ1n) is 7.03. The Hall–Kier alpha value is -0.650. The van der Waals surface area contributed by atoms with E-state index in [1.807, 2.05) is 0 Å². The molecule has 5 nitrogen and oxygen atoms in total. The van der Waals surface area contributed by atoms with Crippen molar-refractivity contribution in [3.8, 4) is 0 Å². The number of rotatable bonds is 6. The van der Waals surface area contributed by atoms with Crippen molar-refractivity contribution in [2.75, 3.05) is 52.4 Å². The van der Waals surface area contributed by atoms with Crippen LogP contribution in [-0.2, 0) is 4.79 Å². The molecule has 0 saturated carbocycles. The lowest BCUT2D eigenvalue weighted by Crippen LogP contribution is -2.40. The second kappa shape index (κ2) is 8.45. The lowest BCUT2D eigenvalue weighted by Gasteiger charge is -2.21. The highest BCUT2D eigenvalue weighted by atomic mass is 16.2. The minimum atomic E-state index is 0.149. The monoisotopic (exact) mass is 256 g/mol. The minimum Gasteiger partial charge on any atom is -0.355 e. The SMILES string of the molecule is CC(C)CNC(=O)CN1CCCN(CCN)CC1. The maximum atomic E-state index is 11.7. The van der Waals surface area contributed by atoms with Gasteiger partial charge in [0.1, 0.15) is 0 Å². The highest BCUT2D eigenvalue weighted by Crippen LogP contribution is 2.02. The summed E-state index contributed by atoms with van der Waals surface area (Å²) in [4.78, 5) is 16.4. The molecule has 1 fully saturated rings. The van der Waals surface area contributed by atoms with Gasteiger partial charge < -0.3 is 16.0 Å². The van der Waals surface area contributed by atoms with Crippen LogP contribution in [0.5, 0.6) is 0 Å². The third kappa shape index (κ3) is 6.33. The summed E-state index contributed by atoms with van der Waals surface area (Å²) < 4.78 is 0. The lowest BCUT2D eigenvalue weighted by atomic mass is 10.2. The summed E-state index contributed by atoms with van der Waals surface area (Å²) in [6.45, 7) is 11.3. The molecule has 0 unspecified atom stereocenters. The molecule has 0 bridgehead atoms. The molecule has 0 radical (unpaired) electrons. The average molecular weight is 256 g/mol. The van der Waals surface area contributed by atoms with Gasteiger partial charge in [0.25, 0.3) is 0 Å². The smallest absolute Gasteiger partial charge is 0.234 e. The van der Waals surface area contributed by atoms with E-state index in [4.69, 9.17) is 5.73 Å². The van der Waals surface area contributed by atoms with Gasteiger partial charge in [-0.15, -0.1) is 0 Å². The maximum Gasteiger partial charge on any atom is 0.234 e. The van der Waals surface area contributed by atoms with Gasteiger partial charge in [0.2, 0.25) is 5.91 Å². The number of nitrogens with two attached hydrogens (primary N) is 1. The number of nitrogens with zero attached hydrogens (tertiary/aromatic N) is 2. The number of hydrogen-bond donors (Lipinski definition) is 2. The third-order valence-electron chi connectivity index (χ3n) is 3.20. The van der Waals surface area contributed by atoms with Crippen LogP contribution in [0.2, 0.25) is 0 Å². The molecule has 0 aromatic heterocycles. The van der Waals surface area contributed by atoms with Crippen molar-refractivity contribution in [2.45, 2.75) is 20.3 Å². The van der Waals surface area contributed by atoms with Crippen LogP contribution in [0.15, 0.2) is 0 Å². The summed E-state index contributed by atoms with van der Waals surface area (Å²) in [6.07, 6.45) is 1.12. The Bertz CT molecular complexity index is 245. The van der Waals surface area contributed by atoms with E-state index >= 15 is 0 Å². The highest BCUT2D eigenvalue weighted by Gasteiger charge is 2.16. The van der Waals surface area contributed by atoms with Crippen LogP contribution in [0.1, 0.15) is 20.3 Å².